The number of unbranched alkanes of at least 4 members (excludes halogenated alkanes) is 1. The Hall–Kier alpha value is -2.18. The van der Waals surface area contributed by atoms with Gasteiger partial charge in [-0.1, -0.05) is 37.4 Å². The van der Waals surface area contributed by atoms with Crippen LogP contribution in [0, 0.1) is 0 Å². The van der Waals surface area contributed by atoms with Crippen LogP contribution in [0.15, 0.2) is 24.3 Å². The number of fused-ring (bicyclic) bond motifs is 3. The fourth-order valence-corrected chi connectivity index (χ4v) is 6.42. The number of rotatable bonds is 5. The van der Waals surface area contributed by atoms with Crippen LogP contribution in [0.2, 0.25) is 5.02 Å². The van der Waals surface area contributed by atoms with Crippen LogP contribution >= 0.6 is 22.9 Å². The van der Waals surface area contributed by atoms with Crippen molar-refractivity contribution in [1.29, 1.82) is 0 Å². The zero-order valence-corrected chi connectivity index (χ0v) is 20.9. The highest BCUT2D eigenvalue weighted by Crippen LogP contribution is 2.39. The summed E-state index contributed by atoms with van der Waals surface area (Å²) in [6.45, 7) is 5.16. The molecule has 1 saturated heterocycles. The van der Waals surface area contributed by atoms with Crippen molar-refractivity contribution in [1.82, 2.24) is 14.9 Å². The van der Waals surface area contributed by atoms with Crippen molar-refractivity contribution in [3.8, 4) is 0 Å². The summed E-state index contributed by atoms with van der Waals surface area (Å²) in [6, 6.07) is 7.24. The van der Waals surface area contributed by atoms with E-state index in [4.69, 9.17) is 21.6 Å². The van der Waals surface area contributed by atoms with E-state index in [9.17, 15) is 4.79 Å². The number of benzene rings is 1. The van der Waals surface area contributed by atoms with Gasteiger partial charge in [0.25, 0.3) is 5.91 Å². The molecule has 5 nitrogen and oxygen atoms in total. The maximum absolute atomic E-state index is 13.0. The second-order valence-electron chi connectivity index (χ2n) is 9.10. The van der Waals surface area contributed by atoms with Gasteiger partial charge in [0.2, 0.25) is 0 Å². The molecule has 1 amide bonds. The lowest BCUT2D eigenvalue weighted by atomic mass is 10.1. The predicted molar refractivity (Wildman–Crippen MR) is 137 cm³/mol. The molecule has 0 saturated carbocycles. The molecule has 0 atom stereocenters. The number of nitrogens with zero attached hydrogens (tertiary/aromatic N) is 4. The fourth-order valence-electron chi connectivity index (χ4n) is 4.96. The molecule has 174 valence electrons. The van der Waals surface area contributed by atoms with Crippen molar-refractivity contribution in [2.24, 2.45) is 0 Å². The number of aryl methyl sites for hydroxylation is 3. The summed E-state index contributed by atoms with van der Waals surface area (Å²) in [5.41, 5.74) is 2.15. The zero-order chi connectivity index (χ0) is 22.8. The largest absolute Gasteiger partial charge is 0.352 e. The summed E-state index contributed by atoms with van der Waals surface area (Å²) in [4.78, 5) is 30.1. The van der Waals surface area contributed by atoms with Gasteiger partial charge in [-0.25, -0.2) is 9.97 Å². The van der Waals surface area contributed by atoms with Gasteiger partial charge in [0, 0.05) is 48.1 Å². The third kappa shape index (κ3) is 4.73. The van der Waals surface area contributed by atoms with Crippen molar-refractivity contribution in [2.45, 2.75) is 58.3 Å². The van der Waals surface area contributed by atoms with E-state index in [1.54, 1.807) is 12.1 Å². The van der Waals surface area contributed by atoms with E-state index in [2.05, 4.69) is 11.8 Å². The smallest absolute Gasteiger partial charge is 0.254 e. The second-order valence-corrected chi connectivity index (χ2v) is 10.6. The molecule has 1 fully saturated rings. The highest BCUT2D eigenvalue weighted by atomic mass is 35.5. The number of piperazine rings is 1. The standard InChI is InChI=1S/C26H31ClN4OS/c1-2-3-12-22-28-24(23-20-10-5-4-6-11-21(20)33-25(23)29-22)30-13-15-31(16-14-30)26(32)18-8-7-9-19(27)17-18/h7-9,17H,2-6,10-16H2,1H3. The van der Waals surface area contributed by atoms with Gasteiger partial charge in [-0.3, -0.25) is 4.79 Å². The molecule has 1 aliphatic heterocycles. The van der Waals surface area contributed by atoms with E-state index >= 15 is 0 Å². The van der Waals surface area contributed by atoms with Crippen molar-refractivity contribution < 1.29 is 4.79 Å². The lowest BCUT2D eigenvalue weighted by Crippen LogP contribution is -2.49. The van der Waals surface area contributed by atoms with Crippen molar-refractivity contribution >= 4 is 44.9 Å². The first-order chi connectivity index (χ1) is 16.1. The monoisotopic (exact) mass is 482 g/mol. The van der Waals surface area contributed by atoms with Gasteiger partial charge in [-0.2, -0.15) is 0 Å². The Morgan fingerprint density at radius 3 is 2.70 bits per heavy atom. The first-order valence-corrected chi connectivity index (χ1v) is 13.4. The average molecular weight is 483 g/mol. The summed E-state index contributed by atoms with van der Waals surface area (Å²) in [5, 5.41) is 1.88. The maximum atomic E-state index is 13.0. The van der Waals surface area contributed by atoms with Gasteiger partial charge in [0.15, 0.2) is 0 Å². The summed E-state index contributed by atoms with van der Waals surface area (Å²) in [5.74, 6) is 2.12. The number of thiophene rings is 1. The molecule has 2 aromatic heterocycles. The molecule has 3 aromatic rings. The molecular weight excluding hydrogens is 452 g/mol. The van der Waals surface area contributed by atoms with Gasteiger partial charge in [0.05, 0.1) is 5.39 Å². The van der Waals surface area contributed by atoms with E-state index in [0.717, 1.165) is 55.2 Å². The molecular formula is C26H31ClN4OS. The first kappa shape index (κ1) is 22.6. The highest BCUT2D eigenvalue weighted by molar-refractivity contribution is 7.19. The highest BCUT2D eigenvalue weighted by Gasteiger charge is 2.27. The number of carbonyl (C=O) groups excluding carboxylic acids is 1. The topological polar surface area (TPSA) is 49.3 Å². The molecule has 1 aliphatic carbocycles. The summed E-state index contributed by atoms with van der Waals surface area (Å²) in [6.07, 6.45) is 9.30. The van der Waals surface area contributed by atoms with Crippen LogP contribution in [0.3, 0.4) is 0 Å². The van der Waals surface area contributed by atoms with Crippen LogP contribution in [0.1, 0.15) is 65.7 Å². The fraction of sp³-hybridized carbons (Fsp3) is 0.500. The summed E-state index contributed by atoms with van der Waals surface area (Å²) in [7, 11) is 0. The number of aromatic nitrogens is 2. The van der Waals surface area contributed by atoms with Gasteiger partial charge < -0.3 is 9.80 Å². The Kier molecular flexibility index (Phi) is 6.84. The van der Waals surface area contributed by atoms with Crippen molar-refractivity contribution in [3.05, 3.63) is 51.1 Å². The Bertz CT molecular complexity index is 1150. The quantitative estimate of drug-likeness (QED) is 0.423. The van der Waals surface area contributed by atoms with Crippen LogP contribution in [-0.2, 0) is 19.3 Å². The lowest BCUT2D eigenvalue weighted by Gasteiger charge is -2.36. The van der Waals surface area contributed by atoms with E-state index in [1.165, 1.54) is 41.5 Å². The number of hydrogen-bond donors (Lipinski definition) is 0. The minimum Gasteiger partial charge on any atom is -0.352 e. The van der Waals surface area contributed by atoms with E-state index in [-0.39, 0.29) is 5.91 Å². The third-order valence-corrected chi connectivity index (χ3v) is 8.20. The van der Waals surface area contributed by atoms with Crippen LogP contribution in [-0.4, -0.2) is 47.0 Å². The molecule has 2 aliphatic rings. The van der Waals surface area contributed by atoms with Crippen molar-refractivity contribution in [3.63, 3.8) is 0 Å². The number of anilines is 1. The Balaban J connectivity index is 1.43. The molecule has 0 bridgehead atoms. The molecule has 0 N–H and O–H groups in total. The van der Waals surface area contributed by atoms with Crippen LogP contribution in [0.5, 0.6) is 0 Å². The molecule has 1 aromatic carbocycles. The molecule has 7 heteroatoms. The SMILES string of the molecule is CCCCc1nc(N2CCN(C(=O)c3cccc(Cl)c3)CC2)c2c3c(sc2n1)CCCCC3. The van der Waals surface area contributed by atoms with E-state index < -0.39 is 0 Å². The van der Waals surface area contributed by atoms with Crippen LogP contribution < -0.4 is 4.90 Å². The summed E-state index contributed by atoms with van der Waals surface area (Å²) >= 11 is 7.99. The van der Waals surface area contributed by atoms with E-state index in [1.807, 2.05) is 28.4 Å². The molecule has 33 heavy (non-hydrogen) atoms. The van der Waals surface area contributed by atoms with Crippen LogP contribution in [0.4, 0.5) is 5.82 Å². The van der Waals surface area contributed by atoms with Crippen LogP contribution in [0.25, 0.3) is 10.2 Å². The number of hydrogen-bond acceptors (Lipinski definition) is 5. The molecule has 3 heterocycles. The lowest BCUT2D eigenvalue weighted by molar-refractivity contribution is 0.0746. The van der Waals surface area contributed by atoms with Gasteiger partial charge in [-0.05, 0) is 55.9 Å². The van der Waals surface area contributed by atoms with Gasteiger partial charge >= 0.3 is 0 Å². The first-order valence-electron chi connectivity index (χ1n) is 12.2. The van der Waals surface area contributed by atoms with Gasteiger partial charge in [-0.15, -0.1) is 11.3 Å². The minimum atomic E-state index is 0.0537. The van der Waals surface area contributed by atoms with Crippen molar-refractivity contribution in [2.75, 3.05) is 31.1 Å². The Morgan fingerprint density at radius 2 is 1.91 bits per heavy atom. The second kappa shape index (κ2) is 9.98. The average Bonchev–Trinajstić information content (AvgIpc) is 3.02. The molecule has 0 spiro atoms. The molecule has 5 rings (SSSR count). The van der Waals surface area contributed by atoms with Gasteiger partial charge in [0.1, 0.15) is 16.5 Å². The Morgan fingerprint density at radius 1 is 1.09 bits per heavy atom. The number of carbonyl (C=O) groups is 1. The molecule has 0 radical (unpaired) electrons. The number of amides is 1. The zero-order valence-electron chi connectivity index (χ0n) is 19.3. The minimum absolute atomic E-state index is 0.0537. The van der Waals surface area contributed by atoms with E-state index in [0.29, 0.717) is 23.7 Å². The summed E-state index contributed by atoms with van der Waals surface area (Å²) < 4.78 is 0. The number of halogens is 1. The Labute approximate surface area is 204 Å². The maximum Gasteiger partial charge on any atom is 0.254 e. The molecule has 0 unspecified atom stereocenters. The predicted octanol–water partition coefficient (Wildman–Crippen LogP) is 5.92. The third-order valence-electron chi connectivity index (χ3n) is 6.78. The normalized spacial score (nSPS) is 16.7.